The Morgan fingerprint density at radius 3 is 2.81 bits per heavy atom. The van der Waals surface area contributed by atoms with E-state index in [0.29, 0.717) is 10.9 Å². The Labute approximate surface area is 103 Å². The molecule has 0 radical (unpaired) electrons. The molecule has 1 rings (SSSR count). The zero-order valence-corrected chi connectivity index (χ0v) is 10.6. The predicted molar refractivity (Wildman–Crippen MR) is 64.0 cm³/mol. The molecule has 0 fully saturated rings. The molecule has 1 atom stereocenters. The van der Waals surface area contributed by atoms with Gasteiger partial charge in [-0.05, 0) is 28.4 Å². The van der Waals surface area contributed by atoms with Crippen molar-refractivity contribution in [1.82, 2.24) is 0 Å². The number of aliphatic carboxylic acids is 1. The fraction of sp³-hybridized carbons (Fsp3) is 0.417. The second-order valence-corrected chi connectivity index (χ2v) is 4.53. The van der Waals surface area contributed by atoms with Crippen molar-refractivity contribution in [3.05, 3.63) is 34.1 Å². The Hall–Kier alpha value is -0.900. The van der Waals surface area contributed by atoms with Gasteiger partial charge in [0.2, 0.25) is 0 Å². The molecule has 1 aromatic rings. The lowest BCUT2D eigenvalue weighted by atomic mass is 9.93. The van der Waals surface area contributed by atoms with E-state index in [9.17, 15) is 9.18 Å². The minimum Gasteiger partial charge on any atom is -0.481 e. The highest BCUT2D eigenvalue weighted by molar-refractivity contribution is 9.10. The molecule has 0 aliphatic heterocycles. The standard InChI is InChI=1S/C12H14BrFO2/c1-2-3-5-9(12(15)16)8-6-4-7-10(13)11(8)14/h4,6-7,9H,2-3,5H2,1H3,(H,15,16). The minimum absolute atomic E-state index is 0.260. The largest absolute Gasteiger partial charge is 0.481 e. The van der Waals surface area contributed by atoms with Crippen LogP contribution in [0, 0.1) is 5.82 Å². The molecule has 0 spiro atoms. The molecule has 0 bridgehead atoms. The summed E-state index contributed by atoms with van der Waals surface area (Å²) in [6.45, 7) is 1.98. The number of hydrogen-bond donors (Lipinski definition) is 1. The van der Waals surface area contributed by atoms with Crippen molar-refractivity contribution in [3.63, 3.8) is 0 Å². The topological polar surface area (TPSA) is 37.3 Å². The lowest BCUT2D eigenvalue weighted by Gasteiger charge is -2.13. The summed E-state index contributed by atoms with van der Waals surface area (Å²) < 4.78 is 14.0. The summed E-state index contributed by atoms with van der Waals surface area (Å²) in [6, 6.07) is 4.76. The van der Waals surface area contributed by atoms with Crippen LogP contribution in [0.3, 0.4) is 0 Å². The highest BCUT2D eigenvalue weighted by Crippen LogP contribution is 2.28. The Morgan fingerprint density at radius 1 is 1.56 bits per heavy atom. The van der Waals surface area contributed by atoms with Gasteiger partial charge in [-0.15, -0.1) is 0 Å². The molecule has 1 aromatic carbocycles. The van der Waals surface area contributed by atoms with E-state index in [4.69, 9.17) is 5.11 Å². The zero-order valence-electron chi connectivity index (χ0n) is 9.04. The van der Waals surface area contributed by atoms with Crippen LogP contribution in [0.25, 0.3) is 0 Å². The quantitative estimate of drug-likeness (QED) is 0.891. The first-order valence-corrected chi connectivity index (χ1v) is 6.04. The second-order valence-electron chi connectivity index (χ2n) is 3.68. The summed E-state index contributed by atoms with van der Waals surface area (Å²) >= 11 is 3.06. The van der Waals surface area contributed by atoms with Crippen LogP contribution in [0.5, 0.6) is 0 Å². The number of carboxylic acid groups (broad SMARTS) is 1. The maximum atomic E-state index is 13.7. The van der Waals surface area contributed by atoms with E-state index in [1.165, 1.54) is 6.07 Å². The zero-order chi connectivity index (χ0) is 12.1. The molecule has 2 nitrogen and oxygen atoms in total. The molecular formula is C12H14BrFO2. The first-order valence-electron chi connectivity index (χ1n) is 5.24. The van der Waals surface area contributed by atoms with E-state index in [2.05, 4.69) is 15.9 Å². The normalized spacial score (nSPS) is 12.4. The molecule has 4 heteroatoms. The fourth-order valence-electron chi connectivity index (χ4n) is 1.61. The van der Waals surface area contributed by atoms with Gasteiger partial charge in [0.25, 0.3) is 0 Å². The van der Waals surface area contributed by atoms with Gasteiger partial charge in [0.1, 0.15) is 5.82 Å². The molecule has 1 N–H and O–H groups in total. The molecule has 0 saturated carbocycles. The van der Waals surface area contributed by atoms with Crippen molar-refractivity contribution >= 4 is 21.9 Å². The van der Waals surface area contributed by atoms with Gasteiger partial charge in [-0.25, -0.2) is 4.39 Å². The maximum Gasteiger partial charge on any atom is 0.311 e. The Balaban J connectivity index is 3.01. The number of carbonyl (C=O) groups is 1. The van der Waals surface area contributed by atoms with Gasteiger partial charge in [-0.2, -0.15) is 0 Å². The van der Waals surface area contributed by atoms with Crippen LogP contribution in [0.1, 0.15) is 37.7 Å². The summed E-state index contributed by atoms with van der Waals surface area (Å²) in [5, 5.41) is 9.09. The van der Waals surface area contributed by atoms with E-state index >= 15 is 0 Å². The summed E-state index contributed by atoms with van der Waals surface area (Å²) in [5.41, 5.74) is 0.260. The summed E-state index contributed by atoms with van der Waals surface area (Å²) in [4.78, 5) is 11.1. The molecule has 0 amide bonds. The maximum absolute atomic E-state index is 13.7. The summed E-state index contributed by atoms with van der Waals surface area (Å²) in [6.07, 6.45) is 2.15. The number of carboxylic acids is 1. The van der Waals surface area contributed by atoms with Crippen molar-refractivity contribution in [3.8, 4) is 0 Å². The van der Waals surface area contributed by atoms with Gasteiger partial charge in [0.15, 0.2) is 0 Å². The molecule has 16 heavy (non-hydrogen) atoms. The minimum atomic E-state index is -0.967. The van der Waals surface area contributed by atoms with E-state index in [-0.39, 0.29) is 5.56 Å². The molecule has 1 unspecified atom stereocenters. The van der Waals surface area contributed by atoms with Crippen molar-refractivity contribution in [2.75, 3.05) is 0 Å². The Bertz CT molecular complexity index is 379. The lowest BCUT2D eigenvalue weighted by molar-refractivity contribution is -0.139. The van der Waals surface area contributed by atoms with Gasteiger partial charge in [0.05, 0.1) is 10.4 Å². The first kappa shape index (κ1) is 13.2. The van der Waals surface area contributed by atoms with Gasteiger partial charge >= 0.3 is 5.97 Å². The molecule has 88 valence electrons. The third-order valence-corrected chi connectivity index (χ3v) is 3.11. The number of benzene rings is 1. The van der Waals surface area contributed by atoms with Crippen LogP contribution >= 0.6 is 15.9 Å². The number of hydrogen-bond acceptors (Lipinski definition) is 1. The van der Waals surface area contributed by atoms with Crippen molar-refractivity contribution < 1.29 is 14.3 Å². The second kappa shape index (κ2) is 5.99. The molecule has 0 saturated heterocycles. The van der Waals surface area contributed by atoms with Gasteiger partial charge in [0, 0.05) is 5.56 Å². The lowest BCUT2D eigenvalue weighted by Crippen LogP contribution is -2.13. The summed E-state index contributed by atoms with van der Waals surface area (Å²) in [7, 11) is 0. The van der Waals surface area contributed by atoms with Crippen LogP contribution in [0.2, 0.25) is 0 Å². The smallest absolute Gasteiger partial charge is 0.311 e. The third kappa shape index (κ3) is 3.04. The highest BCUT2D eigenvalue weighted by Gasteiger charge is 2.23. The van der Waals surface area contributed by atoms with Crippen LogP contribution in [-0.4, -0.2) is 11.1 Å². The van der Waals surface area contributed by atoms with Crippen molar-refractivity contribution in [2.45, 2.75) is 32.1 Å². The number of rotatable bonds is 5. The number of unbranched alkanes of at least 4 members (excludes halogenated alkanes) is 1. The molecule has 0 aliphatic carbocycles. The van der Waals surface area contributed by atoms with Crippen LogP contribution in [0.15, 0.2) is 22.7 Å². The molecule has 0 aromatic heterocycles. The van der Waals surface area contributed by atoms with E-state index in [1.54, 1.807) is 12.1 Å². The predicted octanol–water partition coefficient (Wildman–Crippen LogP) is 3.95. The van der Waals surface area contributed by atoms with Crippen molar-refractivity contribution in [2.24, 2.45) is 0 Å². The van der Waals surface area contributed by atoms with Crippen LogP contribution < -0.4 is 0 Å². The van der Waals surface area contributed by atoms with Gasteiger partial charge in [-0.3, -0.25) is 4.79 Å². The number of halogens is 2. The third-order valence-electron chi connectivity index (χ3n) is 2.50. The fourth-order valence-corrected chi connectivity index (χ4v) is 1.99. The monoisotopic (exact) mass is 288 g/mol. The van der Waals surface area contributed by atoms with Crippen LogP contribution in [0.4, 0.5) is 4.39 Å². The van der Waals surface area contributed by atoms with E-state index in [1.807, 2.05) is 6.92 Å². The van der Waals surface area contributed by atoms with E-state index in [0.717, 1.165) is 12.8 Å². The SMILES string of the molecule is CCCCC(C(=O)O)c1cccc(Br)c1F. The molecular weight excluding hydrogens is 275 g/mol. The average Bonchev–Trinajstić information content (AvgIpc) is 2.24. The van der Waals surface area contributed by atoms with Gasteiger partial charge in [-0.1, -0.05) is 31.9 Å². The van der Waals surface area contributed by atoms with Crippen LogP contribution in [-0.2, 0) is 4.79 Å². The van der Waals surface area contributed by atoms with E-state index < -0.39 is 17.7 Å². The Kier molecular flexibility index (Phi) is 4.93. The Morgan fingerprint density at radius 2 is 2.25 bits per heavy atom. The first-order chi connectivity index (χ1) is 7.57. The summed E-state index contributed by atoms with van der Waals surface area (Å²) in [5.74, 6) is -2.19. The molecule has 0 aliphatic rings. The van der Waals surface area contributed by atoms with Crippen molar-refractivity contribution in [1.29, 1.82) is 0 Å². The highest BCUT2D eigenvalue weighted by atomic mass is 79.9. The average molecular weight is 289 g/mol. The van der Waals surface area contributed by atoms with Gasteiger partial charge < -0.3 is 5.11 Å². The molecule has 0 heterocycles.